The van der Waals surface area contributed by atoms with Gasteiger partial charge in [0.15, 0.2) is 12.4 Å². The number of hydrogen-bond donors (Lipinski definition) is 6. The largest absolute Gasteiger partial charge is 0.454 e. The fourth-order valence-electron chi connectivity index (χ4n) is 10.5. The van der Waals surface area contributed by atoms with Crippen LogP contribution in [0, 0.1) is 0 Å². The maximum absolute atomic E-state index is 13.5. The van der Waals surface area contributed by atoms with Crippen LogP contribution < -0.4 is 5.32 Å². The van der Waals surface area contributed by atoms with Gasteiger partial charge in [0.2, 0.25) is 5.91 Å². The molecule has 0 aliphatic carbocycles. The summed E-state index contributed by atoms with van der Waals surface area (Å²) < 4.78 is 17.7. The van der Waals surface area contributed by atoms with E-state index in [1.54, 1.807) is 6.08 Å². The Hall–Kier alpha value is -2.12. The van der Waals surface area contributed by atoms with Gasteiger partial charge in [-0.25, -0.2) is 0 Å². The molecule has 11 heteroatoms. The van der Waals surface area contributed by atoms with Crippen LogP contribution in [0.25, 0.3) is 0 Å². The summed E-state index contributed by atoms with van der Waals surface area (Å²) in [6.07, 6.45) is 56.1. The van der Waals surface area contributed by atoms with E-state index in [0.29, 0.717) is 19.3 Å². The lowest BCUT2D eigenvalue weighted by Gasteiger charge is -2.41. The van der Waals surface area contributed by atoms with Gasteiger partial charge in [0.1, 0.15) is 24.4 Å². The molecule has 1 aliphatic rings. The van der Waals surface area contributed by atoms with Gasteiger partial charge in [0, 0.05) is 6.42 Å². The molecule has 1 heterocycles. The third-order valence-corrected chi connectivity index (χ3v) is 15.8. The Kier molecular flexibility index (Phi) is 52.5. The predicted octanol–water partition coefficient (Wildman–Crippen LogP) is 16.2. The van der Waals surface area contributed by atoms with Crippen LogP contribution in [0.15, 0.2) is 36.5 Å². The summed E-state index contributed by atoms with van der Waals surface area (Å²) in [7, 11) is 0. The molecular formula is C67H125NO10. The summed E-state index contributed by atoms with van der Waals surface area (Å²) in [6, 6.07) is -1.02. The zero-order chi connectivity index (χ0) is 56.8. The first-order valence-corrected chi connectivity index (χ1v) is 33.3. The number of aliphatic hydroxyl groups is 5. The first-order chi connectivity index (χ1) is 38.2. The van der Waals surface area contributed by atoms with Crippen molar-refractivity contribution in [2.45, 2.75) is 365 Å². The monoisotopic (exact) mass is 1100 g/mol. The first-order valence-electron chi connectivity index (χ1n) is 33.3. The number of hydrogen-bond acceptors (Lipinski definition) is 10. The number of aliphatic hydroxyl groups excluding tert-OH is 5. The summed E-state index contributed by atoms with van der Waals surface area (Å²) in [6.45, 7) is 5.80. The highest BCUT2D eigenvalue weighted by molar-refractivity contribution is 5.80. The van der Waals surface area contributed by atoms with Gasteiger partial charge in [-0.05, 0) is 57.8 Å². The van der Waals surface area contributed by atoms with Gasteiger partial charge in [0.05, 0.1) is 25.4 Å². The molecule has 11 nitrogen and oxygen atoms in total. The Balaban J connectivity index is 2.62. The minimum absolute atomic E-state index is 0.129. The van der Waals surface area contributed by atoms with Crippen molar-refractivity contribution in [3.63, 3.8) is 0 Å². The Bertz CT molecular complexity index is 1410. The van der Waals surface area contributed by atoms with Gasteiger partial charge < -0.3 is 45.1 Å². The van der Waals surface area contributed by atoms with Crippen LogP contribution in [0.1, 0.15) is 316 Å². The molecular weight excluding hydrogens is 979 g/mol. The molecule has 0 radical (unpaired) electrons. The Labute approximate surface area is 479 Å². The fraction of sp³-hybridized carbons (Fsp3) is 0.881. The van der Waals surface area contributed by atoms with Crippen molar-refractivity contribution in [1.82, 2.24) is 5.32 Å². The Morgan fingerprint density at radius 2 is 0.885 bits per heavy atom. The molecule has 0 aromatic heterocycles. The third kappa shape index (κ3) is 42.7. The molecule has 1 amide bonds. The molecule has 0 aromatic rings. The molecule has 8 unspecified atom stereocenters. The van der Waals surface area contributed by atoms with E-state index in [4.69, 9.17) is 14.2 Å². The summed E-state index contributed by atoms with van der Waals surface area (Å²) >= 11 is 0. The van der Waals surface area contributed by atoms with Gasteiger partial charge in [-0.15, -0.1) is 0 Å². The van der Waals surface area contributed by atoms with Crippen LogP contribution in [0.4, 0.5) is 0 Å². The van der Waals surface area contributed by atoms with Crippen LogP contribution >= 0.6 is 0 Å². The number of amides is 1. The van der Waals surface area contributed by atoms with Crippen molar-refractivity contribution < 1.29 is 49.3 Å². The van der Waals surface area contributed by atoms with Gasteiger partial charge >= 0.3 is 5.97 Å². The molecule has 1 rings (SSSR count). The third-order valence-electron chi connectivity index (χ3n) is 15.8. The molecule has 0 bridgehead atoms. The molecule has 1 aliphatic heterocycles. The molecule has 1 saturated heterocycles. The minimum Gasteiger partial charge on any atom is -0.454 e. The summed E-state index contributed by atoms with van der Waals surface area (Å²) in [5.41, 5.74) is 0. The first kappa shape index (κ1) is 73.9. The van der Waals surface area contributed by atoms with Crippen LogP contribution in [-0.4, -0.2) is 99.6 Å². The predicted molar refractivity (Wildman–Crippen MR) is 324 cm³/mol. The van der Waals surface area contributed by atoms with Crippen LogP contribution in [-0.2, 0) is 23.8 Å². The molecule has 8 atom stereocenters. The van der Waals surface area contributed by atoms with E-state index in [0.717, 1.165) is 64.2 Å². The number of carbonyl (C=O) groups is 2. The van der Waals surface area contributed by atoms with E-state index in [2.05, 4.69) is 50.4 Å². The lowest BCUT2D eigenvalue weighted by Crippen LogP contribution is -2.61. The van der Waals surface area contributed by atoms with Gasteiger partial charge in [-0.1, -0.05) is 288 Å². The van der Waals surface area contributed by atoms with Gasteiger partial charge in [-0.3, -0.25) is 9.59 Å². The Morgan fingerprint density at radius 3 is 1.33 bits per heavy atom. The number of ether oxygens (including phenoxy) is 3. The highest BCUT2D eigenvalue weighted by Gasteiger charge is 2.47. The zero-order valence-electron chi connectivity index (χ0n) is 50.8. The van der Waals surface area contributed by atoms with Crippen molar-refractivity contribution >= 4 is 11.9 Å². The van der Waals surface area contributed by atoms with E-state index in [1.165, 1.54) is 205 Å². The quantitative estimate of drug-likeness (QED) is 0.0195. The molecule has 0 spiro atoms. The lowest BCUT2D eigenvalue weighted by atomic mass is 9.99. The molecule has 78 heavy (non-hydrogen) atoms. The van der Waals surface area contributed by atoms with Crippen molar-refractivity contribution in [3.05, 3.63) is 36.5 Å². The van der Waals surface area contributed by atoms with E-state index in [1.807, 2.05) is 6.08 Å². The van der Waals surface area contributed by atoms with E-state index < -0.39 is 67.4 Å². The highest BCUT2D eigenvalue weighted by atomic mass is 16.7. The molecule has 0 aromatic carbocycles. The van der Waals surface area contributed by atoms with Crippen molar-refractivity contribution in [1.29, 1.82) is 0 Å². The van der Waals surface area contributed by atoms with Crippen molar-refractivity contribution in [3.8, 4) is 0 Å². The summed E-state index contributed by atoms with van der Waals surface area (Å²) in [5.74, 6) is -1.18. The standard InChI is InChI=1S/C67H125NO10/c1-4-7-10-13-16-19-22-25-27-28-29-30-31-32-33-34-36-39-42-45-48-51-54-60(71)66(75)68-58(59(70)53-50-47-44-41-38-35-24-21-18-15-12-9-6-3)57-76-67-65(64(74)63(73)61(56-69)77-67)78-62(72)55-52-49-46-43-40-37-26-23-20-17-14-11-8-5-2/h16,19,25,27,50,53,58-61,63-65,67,69-71,73-74H,4-15,17-18,20-24,26,28-49,51-52,54-57H2,1-3H3,(H,68,75)/b19-16-,27-25-,53-50+. The minimum atomic E-state index is -1.61. The fourth-order valence-corrected chi connectivity index (χ4v) is 10.5. The lowest BCUT2D eigenvalue weighted by molar-refractivity contribution is -0.305. The maximum Gasteiger partial charge on any atom is 0.306 e. The van der Waals surface area contributed by atoms with E-state index in [9.17, 15) is 35.1 Å². The van der Waals surface area contributed by atoms with Gasteiger partial charge in [0.25, 0.3) is 0 Å². The van der Waals surface area contributed by atoms with Gasteiger partial charge in [-0.2, -0.15) is 0 Å². The average molecular weight is 1100 g/mol. The molecule has 6 N–H and O–H groups in total. The van der Waals surface area contributed by atoms with Crippen LogP contribution in [0.5, 0.6) is 0 Å². The van der Waals surface area contributed by atoms with Crippen molar-refractivity contribution in [2.24, 2.45) is 0 Å². The zero-order valence-corrected chi connectivity index (χ0v) is 50.8. The number of esters is 1. The summed E-state index contributed by atoms with van der Waals surface area (Å²) in [5, 5.41) is 57.1. The number of rotatable bonds is 57. The second-order valence-corrected chi connectivity index (χ2v) is 23.2. The Morgan fingerprint density at radius 1 is 0.500 bits per heavy atom. The van der Waals surface area contributed by atoms with E-state index >= 15 is 0 Å². The number of carbonyl (C=O) groups excluding carboxylic acids is 2. The SMILES string of the molecule is CCCCC/C=C\C/C=C\CCCCCCCCCCCCCCC(O)C(=O)NC(COC1OC(CO)C(O)C(O)C1OC(=O)CCCCCCCCCCCCCCCC)C(O)/C=C/CCCCCCCCCCCCC. The topological polar surface area (TPSA) is 175 Å². The molecule has 458 valence electrons. The van der Waals surface area contributed by atoms with Crippen molar-refractivity contribution in [2.75, 3.05) is 13.2 Å². The number of unbranched alkanes of at least 4 members (excludes halogenated alkanes) is 39. The number of nitrogens with one attached hydrogen (secondary N) is 1. The second kappa shape index (κ2) is 55.4. The average Bonchev–Trinajstić information content (AvgIpc) is 3.45. The van der Waals surface area contributed by atoms with Crippen LogP contribution in [0.2, 0.25) is 0 Å². The number of allylic oxidation sites excluding steroid dienone is 5. The summed E-state index contributed by atoms with van der Waals surface area (Å²) in [4.78, 5) is 26.6. The van der Waals surface area contributed by atoms with Crippen LogP contribution in [0.3, 0.4) is 0 Å². The normalized spacial score (nSPS) is 19.1. The maximum atomic E-state index is 13.5. The molecule has 1 fully saturated rings. The second-order valence-electron chi connectivity index (χ2n) is 23.2. The van der Waals surface area contributed by atoms with E-state index in [-0.39, 0.29) is 13.0 Å². The highest BCUT2D eigenvalue weighted by Crippen LogP contribution is 2.26. The smallest absolute Gasteiger partial charge is 0.306 e. The molecule has 0 saturated carbocycles.